The number of rotatable bonds is 6. The van der Waals surface area contributed by atoms with E-state index in [1.165, 1.54) is 5.56 Å². The summed E-state index contributed by atoms with van der Waals surface area (Å²) >= 11 is 3.50. The molecule has 0 aliphatic rings. The number of hydrogen-bond acceptors (Lipinski definition) is 3. The smallest absolute Gasteiger partial charge is 0.196 e. The molecule has 4 heteroatoms. The van der Waals surface area contributed by atoms with Gasteiger partial charge in [0, 0.05) is 23.0 Å². The standard InChI is InChI=1S/C15H19BrN2O/c1-3-7-17-8-6-15-18-10-14(19-15)12-4-5-13(16)11(2)9-12/h4-5,9-10,17H,3,6-8H2,1-2H3. The van der Waals surface area contributed by atoms with Gasteiger partial charge < -0.3 is 9.73 Å². The van der Waals surface area contributed by atoms with Crippen molar-refractivity contribution in [3.05, 3.63) is 40.3 Å². The van der Waals surface area contributed by atoms with Gasteiger partial charge in [-0.05, 0) is 37.6 Å². The van der Waals surface area contributed by atoms with Crippen molar-refractivity contribution >= 4 is 15.9 Å². The highest BCUT2D eigenvalue weighted by Gasteiger charge is 2.07. The van der Waals surface area contributed by atoms with E-state index in [9.17, 15) is 0 Å². The lowest BCUT2D eigenvalue weighted by atomic mass is 10.1. The van der Waals surface area contributed by atoms with Crippen LogP contribution >= 0.6 is 15.9 Å². The zero-order valence-electron chi connectivity index (χ0n) is 11.4. The van der Waals surface area contributed by atoms with Gasteiger partial charge >= 0.3 is 0 Å². The van der Waals surface area contributed by atoms with Gasteiger partial charge in [0.05, 0.1) is 6.20 Å². The van der Waals surface area contributed by atoms with Crippen LogP contribution in [0.4, 0.5) is 0 Å². The van der Waals surface area contributed by atoms with Crippen LogP contribution in [0.1, 0.15) is 24.8 Å². The van der Waals surface area contributed by atoms with E-state index in [-0.39, 0.29) is 0 Å². The summed E-state index contributed by atoms with van der Waals surface area (Å²) in [6.45, 7) is 6.18. The Hall–Kier alpha value is -1.13. The Labute approximate surface area is 122 Å². The van der Waals surface area contributed by atoms with Crippen LogP contribution in [0.2, 0.25) is 0 Å². The molecule has 2 aromatic rings. The third-order valence-electron chi connectivity index (χ3n) is 2.94. The van der Waals surface area contributed by atoms with Gasteiger partial charge in [-0.1, -0.05) is 28.9 Å². The maximum atomic E-state index is 5.78. The molecule has 0 amide bonds. The van der Waals surface area contributed by atoms with E-state index in [0.717, 1.165) is 47.6 Å². The molecule has 0 saturated heterocycles. The van der Waals surface area contributed by atoms with Gasteiger partial charge in [0.25, 0.3) is 0 Å². The molecule has 1 heterocycles. The maximum Gasteiger partial charge on any atom is 0.196 e. The molecule has 0 aliphatic heterocycles. The fourth-order valence-electron chi connectivity index (χ4n) is 1.85. The fraction of sp³-hybridized carbons (Fsp3) is 0.400. The first-order chi connectivity index (χ1) is 9.20. The minimum absolute atomic E-state index is 0.791. The minimum Gasteiger partial charge on any atom is -0.441 e. The summed E-state index contributed by atoms with van der Waals surface area (Å²) < 4.78 is 6.89. The normalized spacial score (nSPS) is 10.9. The van der Waals surface area contributed by atoms with Crippen molar-refractivity contribution in [2.24, 2.45) is 0 Å². The third-order valence-corrected chi connectivity index (χ3v) is 3.83. The average Bonchev–Trinajstić information content (AvgIpc) is 2.87. The molecular weight excluding hydrogens is 304 g/mol. The zero-order valence-corrected chi connectivity index (χ0v) is 13.0. The Morgan fingerprint density at radius 1 is 1.32 bits per heavy atom. The number of hydrogen-bond donors (Lipinski definition) is 1. The van der Waals surface area contributed by atoms with Crippen LogP contribution in [-0.4, -0.2) is 18.1 Å². The molecule has 0 unspecified atom stereocenters. The lowest BCUT2D eigenvalue weighted by Crippen LogP contribution is -2.17. The van der Waals surface area contributed by atoms with E-state index in [4.69, 9.17) is 4.42 Å². The van der Waals surface area contributed by atoms with E-state index in [2.05, 4.69) is 46.1 Å². The van der Waals surface area contributed by atoms with Crippen molar-refractivity contribution < 1.29 is 4.42 Å². The van der Waals surface area contributed by atoms with Gasteiger partial charge in [0.15, 0.2) is 11.7 Å². The molecule has 3 nitrogen and oxygen atoms in total. The van der Waals surface area contributed by atoms with Gasteiger partial charge in [-0.3, -0.25) is 0 Å². The van der Waals surface area contributed by atoms with Crippen molar-refractivity contribution in [2.45, 2.75) is 26.7 Å². The molecule has 102 valence electrons. The molecule has 0 atom stereocenters. The predicted octanol–water partition coefficient (Wildman–Crippen LogP) is 3.95. The molecule has 19 heavy (non-hydrogen) atoms. The Balaban J connectivity index is 2.01. The Morgan fingerprint density at radius 2 is 2.16 bits per heavy atom. The second kappa shape index (κ2) is 6.87. The first kappa shape index (κ1) is 14.3. The van der Waals surface area contributed by atoms with Crippen LogP contribution in [0.5, 0.6) is 0 Å². The topological polar surface area (TPSA) is 38.1 Å². The molecule has 0 spiro atoms. The van der Waals surface area contributed by atoms with Crippen LogP contribution in [0.15, 0.2) is 33.3 Å². The Bertz CT molecular complexity index is 537. The van der Waals surface area contributed by atoms with Crippen molar-refractivity contribution in [1.29, 1.82) is 0 Å². The van der Waals surface area contributed by atoms with E-state index in [1.54, 1.807) is 6.20 Å². The van der Waals surface area contributed by atoms with Crippen LogP contribution < -0.4 is 5.32 Å². The van der Waals surface area contributed by atoms with Crippen LogP contribution in [0, 0.1) is 6.92 Å². The maximum absolute atomic E-state index is 5.78. The number of nitrogens with one attached hydrogen (secondary N) is 1. The van der Waals surface area contributed by atoms with Crippen LogP contribution in [0.25, 0.3) is 11.3 Å². The second-order valence-corrected chi connectivity index (χ2v) is 5.44. The minimum atomic E-state index is 0.791. The molecule has 2 rings (SSSR count). The summed E-state index contributed by atoms with van der Waals surface area (Å²) in [4.78, 5) is 4.32. The first-order valence-electron chi connectivity index (χ1n) is 6.62. The summed E-state index contributed by atoms with van der Waals surface area (Å²) in [5.41, 5.74) is 2.26. The molecule has 0 bridgehead atoms. The second-order valence-electron chi connectivity index (χ2n) is 4.58. The lowest BCUT2D eigenvalue weighted by molar-refractivity contribution is 0.495. The largest absolute Gasteiger partial charge is 0.441 e. The lowest BCUT2D eigenvalue weighted by Gasteiger charge is -2.01. The van der Waals surface area contributed by atoms with Crippen molar-refractivity contribution in [3.8, 4) is 11.3 Å². The summed E-state index contributed by atoms with van der Waals surface area (Å²) in [6, 6.07) is 6.18. The zero-order chi connectivity index (χ0) is 13.7. The fourth-order valence-corrected chi connectivity index (χ4v) is 2.10. The monoisotopic (exact) mass is 322 g/mol. The van der Waals surface area contributed by atoms with Gasteiger partial charge in [-0.25, -0.2) is 4.98 Å². The summed E-state index contributed by atoms with van der Waals surface area (Å²) in [5.74, 6) is 1.63. The van der Waals surface area contributed by atoms with Gasteiger partial charge in [-0.15, -0.1) is 0 Å². The molecule has 0 aliphatic carbocycles. The number of oxazole rings is 1. The highest BCUT2D eigenvalue weighted by Crippen LogP contribution is 2.25. The molecular formula is C15H19BrN2O. The van der Waals surface area contributed by atoms with E-state index in [1.807, 2.05) is 12.1 Å². The van der Waals surface area contributed by atoms with E-state index < -0.39 is 0 Å². The molecule has 0 fully saturated rings. The van der Waals surface area contributed by atoms with Crippen LogP contribution in [0.3, 0.4) is 0 Å². The predicted molar refractivity (Wildman–Crippen MR) is 81.2 cm³/mol. The number of aromatic nitrogens is 1. The number of benzene rings is 1. The molecule has 1 N–H and O–H groups in total. The van der Waals surface area contributed by atoms with E-state index >= 15 is 0 Å². The van der Waals surface area contributed by atoms with Crippen LogP contribution in [-0.2, 0) is 6.42 Å². The Kier molecular flexibility index (Phi) is 5.16. The van der Waals surface area contributed by atoms with E-state index in [0.29, 0.717) is 0 Å². The van der Waals surface area contributed by atoms with Crippen molar-refractivity contribution in [1.82, 2.24) is 10.3 Å². The van der Waals surface area contributed by atoms with Gasteiger partial charge in [0.2, 0.25) is 0 Å². The number of halogens is 1. The molecule has 1 aromatic carbocycles. The SMILES string of the molecule is CCCNCCc1ncc(-c2ccc(Br)c(C)c2)o1. The molecule has 0 radical (unpaired) electrons. The summed E-state index contributed by atoms with van der Waals surface area (Å²) in [5, 5.41) is 3.34. The molecule has 1 aromatic heterocycles. The highest BCUT2D eigenvalue weighted by molar-refractivity contribution is 9.10. The summed E-state index contributed by atoms with van der Waals surface area (Å²) in [7, 11) is 0. The number of aryl methyl sites for hydroxylation is 1. The quantitative estimate of drug-likeness (QED) is 0.818. The van der Waals surface area contributed by atoms with Gasteiger partial charge in [0.1, 0.15) is 0 Å². The average molecular weight is 323 g/mol. The van der Waals surface area contributed by atoms with Gasteiger partial charge in [-0.2, -0.15) is 0 Å². The number of nitrogens with zero attached hydrogens (tertiary/aromatic N) is 1. The third kappa shape index (κ3) is 3.91. The first-order valence-corrected chi connectivity index (χ1v) is 7.42. The summed E-state index contributed by atoms with van der Waals surface area (Å²) in [6.07, 6.45) is 3.78. The highest BCUT2D eigenvalue weighted by atomic mass is 79.9. The van der Waals surface area contributed by atoms with Crippen molar-refractivity contribution in [3.63, 3.8) is 0 Å². The van der Waals surface area contributed by atoms with Crippen molar-refractivity contribution in [2.75, 3.05) is 13.1 Å². The Morgan fingerprint density at radius 3 is 2.89 bits per heavy atom. The molecule has 0 saturated carbocycles.